The van der Waals surface area contributed by atoms with Crippen LogP contribution in [0.15, 0.2) is 53.4 Å². The van der Waals surface area contributed by atoms with Crippen molar-refractivity contribution in [3.63, 3.8) is 0 Å². The Morgan fingerprint density at radius 2 is 1.82 bits per heavy atom. The number of halogens is 1. The highest BCUT2D eigenvalue weighted by molar-refractivity contribution is 7.89. The van der Waals surface area contributed by atoms with Gasteiger partial charge in [-0.25, -0.2) is 17.1 Å². The molecule has 0 aromatic heterocycles. The van der Waals surface area contributed by atoms with Gasteiger partial charge >= 0.3 is 0 Å². The van der Waals surface area contributed by atoms with E-state index in [1.807, 2.05) is 0 Å². The van der Waals surface area contributed by atoms with Gasteiger partial charge in [-0.05, 0) is 48.4 Å². The van der Waals surface area contributed by atoms with Gasteiger partial charge in [0, 0.05) is 20.2 Å². The van der Waals surface area contributed by atoms with Gasteiger partial charge in [0.05, 0.1) is 13.2 Å². The lowest BCUT2D eigenvalue weighted by molar-refractivity contribution is -0.117. The van der Waals surface area contributed by atoms with Crippen LogP contribution in [0.2, 0.25) is 0 Å². The van der Waals surface area contributed by atoms with Gasteiger partial charge in [0.1, 0.15) is 16.5 Å². The average Bonchev–Trinajstić information content (AvgIpc) is 2.66. The van der Waals surface area contributed by atoms with Crippen molar-refractivity contribution in [3.05, 3.63) is 65.5 Å². The quantitative estimate of drug-likeness (QED) is 0.718. The van der Waals surface area contributed by atoms with E-state index in [0.29, 0.717) is 5.56 Å². The lowest BCUT2D eigenvalue weighted by Crippen LogP contribution is -2.24. The molecular weight excluding hydrogens is 383 g/mol. The number of amides is 1. The van der Waals surface area contributed by atoms with Crippen LogP contribution in [0.4, 0.5) is 4.39 Å². The first-order chi connectivity index (χ1) is 13.1. The van der Waals surface area contributed by atoms with Gasteiger partial charge in [0.15, 0.2) is 0 Å². The number of nitrogens with zero attached hydrogens (tertiary/aromatic N) is 1. The van der Waals surface area contributed by atoms with E-state index in [9.17, 15) is 17.6 Å². The zero-order valence-electron chi connectivity index (χ0n) is 16.1. The molecule has 8 heteroatoms. The van der Waals surface area contributed by atoms with E-state index in [1.165, 1.54) is 57.6 Å². The van der Waals surface area contributed by atoms with E-state index in [2.05, 4.69) is 5.32 Å². The van der Waals surface area contributed by atoms with Crippen molar-refractivity contribution in [3.8, 4) is 5.75 Å². The lowest BCUT2D eigenvalue weighted by atomic mass is 10.1. The van der Waals surface area contributed by atoms with Crippen molar-refractivity contribution in [1.29, 1.82) is 0 Å². The van der Waals surface area contributed by atoms with Crippen LogP contribution in [-0.2, 0) is 14.8 Å². The number of hydrogen-bond donors (Lipinski definition) is 1. The summed E-state index contributed by atoms with van der Waals surface area (Å²) in [6, 6.07) is 10.2. The molecule has 0 aliphatic heterocycles. The zero-order valence-corrected chi connectivity index (χ0v) is 17.0. The topological polar surface area (TPSA) is 75.7 Å². The fourth-order valence-electron chi connectivity index (χ4n) is 2.46. The minimum absolute atomic E-state index is 0.0160. The highest BCUT2D eigenvalue weighted by Gasteiger charge is 2.22. The monoisotopic (exact) mass is 406 g/mol. The highest BCUT2D eigenvalue weighted by atomic mass is 32.2. The smallest absolute Gasteiger partial charge is 0.246 e. The number of carbonyl (C=O) groups is 1. The molecule has 0 saturated carbocycles. The minimum Gasteiger partial charge on any atom is -0.495 e. The standard InChI is InChI=1S/C20H23FN2O4S/c1-14(16-7-9-17(21)10-8-16)22-20(24)12-6-15-5-11-18(27-4)19(13-15)28(25,26)23(2)3/h5-14H,1-4H3,(H,22,24)/b12-6+/t14-/m0/s1. The highest BCUT2D eigenvalue weighted by Crippen LogP contribution is 2.27. The summed E-state index contributed by atoms with van der Waals surface area (Å²) >= 11 is 0. The van der Waals surface area contributed by atoms with Crippen LogP contribution in [0.25, 0.3) is 6.08 Å². The summed E-state index contributed by atoms with van der Waals surface area (Å²) < 4.78 is 44.1. The van der Waals surface area contributed by atoms with Crippen LogP contribution in [0.3, 0.4) is 0 Å². The Kier molecular flexibility index (Phi) is 6.93. The number of benzene rings is 2. The molecular formula is C20H23FN2O4S. The van der Waals surface area contributed by atoms with E-state index >= 15 is 0 Å². The van der Waals surface area contributed by atoms with Gasteiger partial charge in [-0.1, -0.05) is 18.2 Å². The van der Waals surface area contributed by atoms with Crippen molar-refractivity contribution in [2.24, 2.45) is 0 Å². The molecule has 0 unspecified atom stereocenters. The molecule has 0 fully saturated rings. The predicted octanol–water partition coefficient (Wildman–Crippen LogP) is 2.98. The summed E-state index contributed by atoms with van der Waals surface area (Å²) in [7, 11) is 0.561. The number of methoxy groups -OCH3 is 1. The first kappa shape index (κ1) is 21.6. The summed E-state index contributed by atoms with van der Waals surface area (Å²) in [5, 5.41) is 2.77. The molecule has 150 valence electrons. The normalized spacial score (nSPS) is 12.9. The molecule has 1 amide bonds. The van der Waals surface area contributed by atoms with Gasteiger partial charge in [0.2, 0.25) is 15.9 Å². The van der Waals surface area contributed by atoms with Gasteiger partial charge in [-0.2, -0.15) is 0 Å². The van der Waals surface area contributed by atoms with Crippen LogP contribution >= 0.6 is 0 Å². The molecule has 0 heterocycles. The number of nitrogens with one attached hydrogen (secondary N) is 1. The van der Waals surface area contributed by atoms with E-state index in [1.54, 1.807) is 25.1 Å². The van der Waals surface area contributed by atoms with Gasteiger partial charge < -0.3 is 10.1 Å². The maximum atomic E-state index is 13.0. The molecule has 0 spiro atoms. The average molecular weight is 406 g/mol. The zero-order chi connectivity index (χ0) is 20.9. The van der Waals surface area contributed by atoms with E-state index in [4.69, 9.17) is 4.74 Å². The second-order valence-corrected chi connectivity index (χ2v) is 8.43. The van der Waals surface area contributed by atoms with Crippen molar-refractivity contribution in [2.75, 3.05) is 21.2 Å². The summed E-state index contributed by atoms with van der Waals surface area (Å²) in [4.78, 5) is 12.2. The summed E-state index contributed by atoms with van der Waals surface area (Å²) in [5.74, 6) is -0.477. The fraction of sp³-hybridized carbons (Fsp3) is 0.250. The van der Waals surface area contributed by atoms with Crippen molar-refractivity contribution >= 4 is 22.0 Å². The molecule has 0 aliphatic rings. The second-order valence-electron chi connectivity index (χ2n) is 6.31. The molecule has 2 rings (SSSR count). The second kappa shape index (κ2) is 8.99. The van der Waals surface area contributed by atoms with E-state index < -0.39 is 10.0 Å². The van der Waals surface area contributed by atoms with E-state index in [0.717, 1.165) is 9.87 Å². The Hall–Kier alpha value is -2.71. The first-order valence-corrected chi connectivity index (χ1v) is 9.93. The number of ether oxygens (including phenoxy) is 1. The molecule has 0 radical (unpaired) electrons. The maximum absolute atomic E-state index is 13.0. The largest absolute Gasteiger partial charge is 0.495 e. The van der Waals surface area contributed by atoms with Crippen molar-refractivity contribution in [2.45, 2.75) is 17.9 Å². The Labute approximate surface area is 164 Å². The number of carbonyl (C=O) groups excluding carboxylic acids is 1. The Bertz CT molecular complexity index is 970. The molecule has 0 saturated heterocycles. The first-order valence-electron chi connectivity index (χ1n) is 8.49. The number of sulfonamides is 1. The van der Waals surface area contributed by atoms with Gasteiger partial charge in [-0.3, -0.25) is 4.79 Å². The molecule has 28 heavy (non-hydrogen) atoms. The van der Waals surface area contributed by atoms with Crippen LogP contribution in [-0.4, -0.2) is 39.8 Å². The third-order valence-electron chi connectivity index (χ3n) is 4.10. The summed E-state index contributed by atoms with van der Waals surface area (Å²) in [5.41, 5.74) is 1.30. The van der Waals surface area contributed by atoms with Crippen molar-refractivity contribution < 1.29 is 22.3 Å². The Morgan fingerprint density at radius 1 is 1.18 bits per heavy atom. The Balaban J connectivity index is 2.17. The minimum atomic E-state index is -3.70. The predicted molar refractivity (Wildman–Crippen MR) is 106 cm³/mol. The summed E-state index contributed by atoms with van der Waals surface area (Å²) in [6.07, 6.45) is 2.83. The van der Waals surface area contributed by atoms with Crippen LogP contribution in [0.5, 0.6) is 5.75 Å². The third-order valence-corrected chi connectivity index (χ3v) is 5.94. The maximum Gasteiger partial charge on any atom is 0.246 e. The van der Waals surface area contributed by atoms with Crippen LogP contribution in [0.1, 0.15) is 24.1 Å². The van der Waals surface area contributed by atoms with Crippen molar-refractivity contribution in [1.82, 2.24) is 9.62 Å². The molecule has 0 aliphatic carbocycles. The molecule has 2 aromatic rings. The van der Waals surface area contributed by atoms with E-state index in [-0.39, 0.29) is 28.4 Å². The Morgan fingerprint density at radius 3 is 2.39 bits per heavy atom. The van der Waals surface area contributed by atoms with Gasteiger partial charge in [0.25, 0.3) is 0 Å². The van der Waals surface area contributed by atoms with Crippen LogP contribution in [0, 0.1) is 5.82 Å². The fourth-order valence-corrected chi connectivity index (χ4v) is 3.55. The number of rotatable bonds is 7. The molecule has 1 atom stereocenters. The molecule has 6 nitrogen and oxygen atoms in total. The lowest BCUT2D eigenvalue weighted by Gasteiger charge is -2.15. The molecule has 1 N–H and O–H groups in total. The SMILES string of the molecule is COc1ccc(/C=C/C(=O)N[C@@H](C)c2ccc(F)cc2)cc1S(=O)(=O)N(C)C. The number of hydrogen-bond acceptors (Lipinski definition) is 4. The molecule has 0 bridgehead atoms. The van der Waals surface area contributed by atoms with Crippen LogP contribution < -0.4 is 10.1 Å². The van der Waals surface area contributed by atoms with Gasteiger partial charge in [-0.15, -0.1) is 0 Å². The summed E-state index contributed by atoms with van der Waals surface area (Å²) in [6.45, 7) is 1.79. The third kappa shape index (κ3) is 5.17. The molecule has 2 aromatic carbocycles.